The molecule has 2 aromatic rings. The van der Waals surface area contributed by atoms with E-state index in [4.69, 9.17) is 5.11 Å². The molecule has 0 saturated heterocycles. The topological polar surface area (TPSA) is 61.7 Å². The number of para-hydroxylation sites is 1. The van der Waals surface area contributed by atoms with Crippen molar-refractivity contribution >= 4 is 40.5 Å². The molecule has 0 aliphatic carbocycles. The van der Waals surface area contributed by atoms with Gasteiger partial charge < -0.3 is 5.11 Å². The predicted molar refractivity (Wildman–Crippen MR) is 95.1 cm³/mol. The van der Waals surface area contributed by atoms with E-state index in [1.54, 1.807) is 11.3 Å². The molecule has 4 nitrogen and oxygen atoms in total. The highest BCUT2D eigenvalue weighted by Gasteiger charge is 2.17. The summed E-state index contributed by atoms with van der Waals surface area (Å²) in [6.45, 7) is 1.88. The average molecular weight is 334 g/mol. The van der Waals surface area contributed by atoms with E-state index < -0.39 is 11.2 Å². The zero-order valence-corrected chi connectivity index (χ0v) is 13.9. The van der Waals surface area contributed by atoms with Crippen molar-refractivity contribution in [2.75, 3.05) is 11.2 Å². The van der Waals surface area contributed by atoms with Gasteiger partial charge in [-0.05, 0) is 30.0 Å². The minimum Gasteiger partial charge on any atom is -0.480 e. The van der Waals surface area contributed by atoms with Gasteiger partial charge in [-0.3, -0.25) is 10.2 Å². The van der Waals surface area contributed by atoms with E-state index in [9.17, 15) is 4.79 Å². The van der Waals surface area contributed by atoms with E-state index in [0.717, 1.165) is 16.3 Å². The highest BCUT2D eigenvalue weighted by Crippen LogP contribution is 2.20. The van der Waals surface area contributed by atoms with Gasteiger partial charge in [-0.1, -0.05) is 31.2 Å². The van der Waals surface area contributed by atoms with Gasteiger partial charge in [-0.25, -0.2) is 0 Å². The second-order valence-corrected chi connectivity index (χ2v) is 6.70. The summed E-state index contributed by atoms with van der Waals surface area (Å²) in [4.78, 5) is 12.2. The summed E-state index contributed by atoms with van der Waals surface area (Å²) in [5.41, 5.74) is 4.81. The first kappa shape index (κ1) is 16.6. The van der Waals surface area contributed by atoms with Crippen LogP contribution in [0.5, 0.6) is 0 Å². The van der Waals surface area contributed by atoms with Crippen molar-refractivity contribution in [2.24, 2.45) is 5.10 Å². The van der Waals surface area contributed by atoms with Gasteiger partial charge >= 0.3 is 5.97 Å². The van der Waals surface area contributed by atoms with Crippen LogP contribution < -0.4 is 5.43 Å². The number of carboxylic acid groups (broad SMARTS) is 1. The Labute approximate surface area is 138 Å². The molecule has 0 saturated carbocycles. The van der Waals surface area contributed by atoms with Crippen LogP contribution in [0.15, 0.2) is 52.9 Å². The molecule has 0 spiro atoms. The number of hydrazone groups is 1. The van der Waals surface area contributed by atoms with Crippen LogP contribution in [0.1, 0.15) is 18.2 Å². The molecular weight excluding hydrogens is 316 g/mol. The maximum atomic E-state index is 11.1. The van der Waals surface area contributed by atoms with E-state index in [-0.39, 0.29) is 0 Å². The van der Waals surface area contributed by atoms with Gasteiger partial charge in [0, 0.05) is 5.75 Å². The normalized spacial score (nSPS) is 12.9. The number of benzene rings is 1. The first-order chi connectivity index (χ1) is 10.7. The van der Waals surface area contributed by atoms with Crippen molar-refractivity contribution in [3.8, 4) is 0 Å². The molecule has 22 heavy (non-hydrogen) atoms. The van der Waals surface area contributed by atoms with Crippen LogP contribution in [0.2, 0.25) is 0 Å². The zero-order valence-electron chi connectivity index (χ0n) is 12.2. The number of nitrogens with one attached hydrogen (secondary N) is 1. The summed E-state index contributed by atoms with van der Waals surface area (Å²) >= 11 is 3.01. The largest absolute Gasteiger partial charge is 0.480 e. The maximum Gasteiger partial charge on any atom is 0.316 e. The second-order valence-electron chi connectivity index (χ2n) is 4.56. The smallest absolute Gasteiger partial charge is 0.316 e. The third kappa shape index (κ3) is 4.89. The number of carboxylic acids is 1. The monoisotopic (exact) mass is 334 g/mol. The predicted octanol–water partition coefficient (Wildman–Crippen LogP) is 4.16. The van der Waals surface area contributed by atoms with Gasteiger partial charge in [0.25, 0.3) is 0 Å². The zero-order chi connectivity index (χ0) is 15.8. The van der Waals surface area contributed by atoms with Crippen molar-refractivity contribution in [3.63, 3.8) is 0 Å². The number of thioether (sulfide) groups is 1. The van der Waals surface area contributed by atoms with Crippen LogP contribution in [0, 0.1) is 0 Å². The molecule has 0 bridgehead atoms. The molecule has 0 amide bonds. The number of thiophene rings is 1. The summed E-state index contributed by atoms with van der Waals surface area (Å²) in [6.07, 6.45) is 0.601. The lowest BCUT2D eigenvalue weighted by Crippen LogP contribution is -2.18. The third-order valence-corrected chi connectivity index (χ3v) is 5.26. The van der Waals surface area contributed by atoms with Gasteiger partial charge in [0.15, 0.2) is 0 Å². The molecule has 1 unspecified atom stereocenters. The van der Waals surface area contributed by atoms with Crippen LogP contribution in [-0.4, -0.2) is 27.8 Å². The minimum absolute atomic E-state index is 0.401. The Bertz CT molecular complexity index is 612. The van der Waals surface area contributed by atoms with Crippen LogP contribution in [-0.2, 0) is 4.79 Å². The van der Waals surface area contributed by atoms with Gasteiger partial charge in [0.1, 0.15) is 5.25 Å². The molecule has 0 fully saturated rings. The molecule has 1 aromatic carbocycles. The first-order valence-electron chi connectivity index (χ1n) is 6.96. The molecular formula is C16H18N2O2S2. The number of rotatable bonds is 8. The molecule has 0 radical (unpaired) electrons. The fourth-order valence-corrected chi connectivity index (χ4v) is 3.55. The van der Waals surface area contributed by atoms with Crippen molar-refractivity contribution < 1.29 is 9.90 Å². The molecule has 2 rings (SSSR count). The Hall–Kier alpha value is -1.79. The maximum absolute atomic E-state index is 11.1. The summed E-state index contributed by atoms with van der Waals surface area (Å²) in [5, 5.41) is 15.2. The van der Waals surface area contributed by atoms with Crippen LogP contribution in [0.4, 0.5) is 5.69 Å². The number of anilines is 1. The first-order valence-corrected chi connectivity index (χ1v) is 8.89. The molecule has 0 aliphatic rings. The fraction of sp³-hybridized carbons (Fsp3) is 0.250. The molecule has 6 heteroatoms. The van der Waals surface area contributed by atoms with Gasteiger partial charge in [-0.2, -0.15) is 5.10 Å². The quantitative estimate of drug-likeness (QED) is 0.562. The van der Waals surface area contributed by atoms with E-state index >= 15 is 0 Å². The van der Waals surface area contributed by atoms with Crippen molar-refractivity contribution in [3.05, 3.63) is 52.7 Å². The SMILES string of the molecule is CCC(SCC(=NNc1ccccc1)c1cccs1)C(=O)O. The van der Waals surface area contributed by atoms with E-state index in [1.807, 2.05) is 54.8 Å². The summed E-state index contributed by atoms with van der Waals surface area (Å²) in [7, 11) is 0. The Morgan fingerprint density at radius 1 is 1.32 bits per heavy atom. The van der Waals surface area contributed by atoms with Gasteiger partial charge in [0.2, 0.25) is 0 Å². The van der Waals surface area contributed by atoms with E-state index in [1.165, 1.54) is 11.8 Å². The summed E-state index contributed by atoms with van der Waals surface area (Å²) in [6, 6.07) is 13.7. The van der Waals surface area contributed by atoms with Crippen molar-refractivity contribution in [1.82, 2.24) is 0 Å². The van der Waals surface area contributed by atoms with Gasteiger partial charge in [0.05, 0.1) is 16.3 Å². The van der Waals surface area contributed by atoms with Crippen molar-refractivity contribution in [1.29, 1.82) is 0 Å². The minimum atomic E-state index is -0.769. The number of nitrogens with zero attached hydrogens (tertiary/aromatic N) is 1. The van der Waals surface area contributed by atoms with Crippen molar-refractivity contribution in [2.45, 2.75) is 18.6 Å². The Kier molecular flexibility index (Phi) is 6.48. The lowest BCUT2D eigenvalue weighted by molar-refractivity contribution is -0.136. The molecule has 1 aromatic heterocycles. The lowest BCUT2D eigenvalue weighted by atomic mass is 10.3. The highest BCUT2D eigenvalue weighted by molar-refractivity contribution is 8.01. The Morgan fingerprint density at radius 3 is 2.68 bits per heavy atom. The average Bonchev–Trinajstić information content (AvgIpc) is 3.05. The Balaban J connectivity index is 2.08. The van der Waals surface area contributed by atoms with Crippen LogP contribution in [0.25, 0.3) is 0 Å². The molecule has 1 heterocycles. The molecule has 116 valence electrons. The second kappa shape index (κ2) is 8.60. The van der Waals surface area contributed by atoms with Crippen LogP contribution >= 0.6 is 23.1 Å². The molecule has 1 atom stereocenters. The van der Waals surface area contributed by atoms with E-state index in [0.29, 0.717) is 12.2 Å². The highest BCUT2D eigenvalue weighted by atomic mass is 32.2. The third-order valence-electron chi connectivity index (χ3n) is 2.97. The lowest BCUT2D eigenvalue weighted by Gasteiger charge is -2.10. The number of carbonyl (C=O) groups is 1. The number of hydrogen-bond donors (Lipinski definition) is 2. The fourth-order valence-electron chi connectivity index (χ4n) is 1.79. The number of aliphatic carboxylic acids is 1. The van der Waals surface area contributed by atoms with E-state index in [2.05, 4.69) is 10.5 Å². The van der Waals surface area contributed by atoms with Crippen LogP contribution in [0.3, 0.4) is 0 Å². The standard InChI is InChI=1S/C16H18N2O2S2/c1-2-14(16(19)20)22-11-13(15-9-6-10-21-15)18-17-12-7-4-3-5-8-12/h3-10,14,17H,2,11H2,1H3,(H,19,20). The summed E-state index contributed by atoms with van der Waals surface area (Å²) < 4.78 is 0. The van der Waals surface area contributed by atoms with Gasteiger partial charge in [-0.15, -0.1) is 23.1 Å². The Morgan fingerprint density at radius 2 is 2.09 bits per heavy atom. The number of hydrogen-bond acceptors (Lipinski definition) is 5. The summed E-state index contributed by atoms with van der Waals surface area (Å²) in [5.74, 6) is -0.209. The molecule has 0 aliphatic heterocycles. The molecule has 2 N–H and O–H groups in total.